The van der Waals surface area contributed by atoms with Crippen LogP contribution < -0.4 is 5.32 Å². The highest BCUT2D eigenvalue weighted by atomic mass is 16.3. The van der Waals surface area contributed by atoms with E-state index < -0.39 is 0 Å². The third-order valence-electron chi connectivity index (χ3n) is 0.995. The van der Waals surface area contributed by atoms with Crippen LogP contribution in [0.3, 0.4) is 0 Å². The number of aromatic nitrogens is 1. The van der Waals surface area contributed by atoms with Gasteiger partial charge in [-0.3, -0.25) is 4.79 Å². The highest BCUT2D eigenvalue weighted by molar-refractivity contribution is 5.72. The van der Waals surface area contributed by atoms with E-state index in [0.29, 0.717) is 12.3 Å². The molecule has 10 heavy (non-hydrogen) atoms. The average molecular weight is 140 g/mol. The van der Waals surface area contributed by atoms with Crippen molar-refractivity contribution in [1.29, 1.82) is 0 Å². The molecule has 1 aromatic heterocycles. The zero-order valence-corrected chi connectivity index (χ0v) is 5.63. The van der Waals surface area contributed by atoms with Gasteiger partial charge in [0.15, 0.2) is 6.39 Å². The largest absolute Gasteiger partial charge is 0.447 e. The number of carbonyl (C=O) groups excluding carboxylic acids is 1. The van der Waals surface area contributed by atoms with Crippen LogP contribution in [0.25, 0.3) is 0 Å². The van der Waals surface area contributed by atoms with Gasteiger partial charge in [0, 0.05) is 6.92 Å². The maximum atomic E-state index is 10.4. The lowest BCUT2D eigenvalue weighted by Gasteiger charge is -1.94. The summed E-state index contributed by atoms with van der Waals surface area (Å²) in [6, 6.07) is 0. The van der Waals surface area contributed by atoms with Crippen molar-refractivity contribution in [3.05, 3.63) is 18.4 Å². The molecule has 54 valence electrons. The van der Waals surface area contributed by atoms with Gasteiger partial charge in [0.1, 0.15) is 5.76 Å². The summed E-state index contributed by atoms with van der Waals surface area (Å²) < 4.78 is 4.86. The predicted molar refractivity (Wildman–Crippen MR) is 34.0 cm³/mol. The molecule has 4 heteroatoms. The van der Waals surface area contributed by atoms with Crippen molar-refractivity contribution in [2.45, 2.75) is 13.5 Å². The number of amides is 1. The highest BCUT2D eigenvalue weighted by Crippen LogP contribution is 1.93. The fraction of sp³-hybridized carbons (Fsp3) is 0.333. The second kappa shape index (κ2) is 3.00. The topological polar surface area (TPSA) is 55.1 Å². The van der Waals surface area contributed by atoms with Gasteiger partial charge >= 0.3 is 0 Å². The van der Waals surface area contributed by atoms with Crippen LogP contribution in [0.15, 0.2) is 17.0 Å². The third kappa shape index (κ3) is 1.89. The number of hydrogen-bond donors (Lipinski definition) is 1. The summed E-state index contributed by atoms with van der Waals surface area (Å²) in [4.78, 5) is 14.0. The van der Waals surface area contributed by atoms with E-state index >= 15 is 0 Å². The molecule has 1 amide bonds. The number of oxazole rings is 1. The maximum Gasteiger partial charge on any atom is 0.217 e. The SMILES string of the molecule is CC(=O)NCc1cnco1. The van der Waals surface area contributed by atoms with Gasteiger partial charge in [-0.05, 0) is 0 Å². The Morgan fingerprint density at radius 2 is 2.70 bits per heavy atom. The molecule has 0 unspecified atom stereocenters. The van der Waals surface area contributed by atoms with Crippen LogP contribution in [0.4, 0.5) is 0 Å². The van der Waals surface area contributed by atoms with Gasteiger partial charge in [0.2, 0.25) is 5.91 Å². The van der Waals surface area contributed by atoms with Crippen LogP contribution in [0.1, 0.15) is 12.7 Å². The van der Waals surface area contributed by atoms with E-state index in [1.165, 1.54) is 13.3 Å². The lowest BCUT2D eigenvalue weighted by molar-refractivity contribution is -0.119. The monoisotopic (exact) mass is 140 g/mol. The van der Waals surface area contributed by atoms with Gasteiger partial charge < -0.3 is 9.73 Å². The van der Waals surface area contributed by atoms with Crippen molar-refractivity contribution in [2.75, 3.05) is 0 Å². The van der Waals surface area contributed by atoms with E-state index in [1.54, 1.807) is 6.20 Å². The molecule has 0 aliphatic rings. The Kier molecular flexibility index (Phi) is 2.04. The minimum Gasteiger partial charge on any atom is -0.447 e. The van der Waals surface area contributed by atoms with Gasteiger partial charge in [-0.2, -0.15) is 0 Å². The Labute approximate surface area is 58.3 Å². The Morgan fingerprint density at radius 1 is 1.90 bits per heavy atom. The summed E-state index contributed by atoms with van der Waals surface area (Å²) >= 11 is 0. The van der Waals surface area contributed by atoms with Crippen LogP contribution in [-0.2, 0) is 11.3 Å². The maximum absolute atomic E-state index is 10.4. The fourth-order valence-electron chi connectivity index (χ4n) is 0.541. The first kappa shape index (κ1) is 6.80. The Morgan fingerprint density at radius 3 is 3.20 bits per heavy atom. The number of rotatable bonds is 2. The van der Waals surface area contributed by atoms with Crippen molar-refractivity contribution in [3.8, 4) is 0 Å². The Hall–Kier alpha value is -1.32. The molecule has 0 aliphatic heterocycles. The molecule has 0 spiro atoms. The number of nitrogens with zero attached hydrogens (tertiary/aromatic N) is 1. The summed E-state index contributed by atoms with van der Waals surface area (Å²) in [5.41, 5.74) is 0. The Bertz CT molecular complexity index is 206. The fourth-order valence-corrected chi connectivity index (χ4v) is 0.541. The van der Waals surface area contributed by atoms with Gasteiger partial charge in [-0.25, -0.2) is 4.98 Å². The van der Waals surface area contributed by atoms with Gasteiger partial charge in [0.25, 0.3) is 0 Å². The first-order valence-electron chi connectivity index (χ1n) is 2.91. The molecule has 1 aromatic rings. The van der Waals surface area contributed by atoms with E-state index in [4.69, 9.17) is 4.42 Å². The van der Waals surface area contributed by atoms with Crippen molar-refractivity contribution < 1.29 is 9.21 Å². The lowest BCUT2D eigenvalue weighted by Crippen LogP contribution is -2.18. The third-order valence-corrected chi connectivity index (χ3v) is 0.995. The Balaban J connectivity index is 2.35. The number of carbonyl (C=O) groups is 1. The summed E-state index contributed by atoms with van der Waals surface area (Å²) in [6.45, 7) is 1.87. The summed E-state index contributed by atoms with van der Waals surface area (Å²) in [6.07, 6.45) is 2.90. The van der Waals surface area contributed by atoms with Crippen LogP contribution >= 0.6 is 0 Å². The quantitative estimate of drug-likeness (QED) is 0.643. The van der Waals surface area contributed by atoms with Gasteiger partial charge in [-0.15, -0.1) is 0 Å². The average Bonchev–Trinajstić information content (AvgIpc) is 2.34. The van der Waals surface area contributed by atoms with Crippen LogP contribution in [0.5, 0.6) is 0 Å². The molecule has 0 bridgehead atoms. The molecule has 0 saturated carbocycles. The molecule has 0 radical (unpaired) electrons. The van der Waals surface area contributed by atoms with Crippen LogP contribution in [-0.4, -0.2) is 10.9 Å². The molecule has 0 aliphatic carbocycles. The molecular weight excluding hydrogens is 132 g/mol. The van der Waals surface area contributed by atoms with Crippen molar-refractivity contribution in [1.82, 2.24) is 10.3 Å². The molecule has 1 heterocycles. The molecule has 1 rings (SSSR count). The summed E-state index contributed by atoms with van der Waals surface area (Å²) in [5.74, 6) is 0.589. The second-order valence-electron chi connectivity index (χ2n) is 1.88. The van der Waals surface area contributed by atoms with E-state index in [-0.39, 0.29) is 5.91 Å². The minimum absolute atomic E-state index is 0.0728. The van der Waals surface area contributed by atoms with Crippen molar-refractivity contribution in [3.63, 3.8) is 0 Å². The summed E-state index contributed by atoms with van der Waals surface area (Å²) in [5, 5.41) is 2.58. The first-order valence-corrected chi connectivity index (χ1v) is 2.91. The van der Waals surface area contributed by atoms with E-state index in [2.05, 4.69) is 10.3 Å². The van der Waals surface area contributed by atoms with Crippen LogP contribution in [0, 0.1) is 0 Å². The number of hydrogen-bond acceptors (Lipinski definition) is 3. The van der Waals surface area contributed by atoms with Crippen molar-refractivity contribution >= 4 is 5.91 Å². The molecule has 0 aromatic carbocycles. The molecular formula is C6H8N2O2. The van der Waals surface area contributed by atoms with Crippen molar-refractivity contribution in [2.24, 2.45) is 0 Å². The van der Waals surface area contributed by atoms with E-state index in [1.807, 2.05) is 0 Å². The minimum atomic E-state index is -0.0728. The zero-order valence-electron chi connectivity index (χ0n) is 5.63. The standard InChI is InChI=1S/C6H8N2O2/c1-5(9)8-3-6-2-7-4-10-6/h2,4H,3H2,1H3,(H,8,9). The number of nitrogens with one attached hydrogen (secondary N) is 1. The van der Waals surface area contributed by atoms with E-state index in [9.17, 15) is 4.79 Å². The molecule has 0 saturated heterocycles. The summed E-state index contributed by atoms with van der Waals surface area (Å²) in [7, 11) is 0. The molecule has 1 N–H and O–H groups in total. The lowest BCUT2D eigenvalue weighted by atomic mass is 10.5. The molecule has 0 fully saturated rings. The zero-order chi connectivity index (χ0) is 7.40. The van der Waals surface area contributed by atoms with E-state index in [0.717, 1.165) is 0 Å². The molecule has 4 nitrogen and oxygen atoms in total. The first-order chi connectivity index (χ1) is 4.79. The van der Waals surface area contributed by atoms with Gasteiger partial charge in [0.05, 0.1) is 12.7 Å². The normalized spacial score (nSPS) is 9.30. The van der Waals surface area contributed by atoms with Crippen LogP contribution in [0.2, 0.25) is 0 Å². The molecule has 0 atom stereocenters. The predicted octanol–water partition coefficient (Wildman–Crippen LogP) is 0.311. The highest BCUT2D eigenvalue weighted by Gasteiger charge is 1.95. The smallest absolute Gasteiger partial charge is 0.217 e. The second-order valence-corrected chi connectivity index (χ2v) is 1.88. The van der Waals surface area contributed by atoms with Gasteiger partial charge in [-0.1, -0.05) is 0 Å².